The third kappa shape index (κ3) is 2.41. The lowest BCUT2D eigenvalue weighted by atomic mass is 9.87. The molecule has 0 bridgehead atoms. The molecule has 4 nitrogen and oxygen atoms in total. The Morgan fingerprint density at radius 3 is 2.78 bits per heavy atom. The normalized spacial score (nSPS) is 40.3. The minimum atomic E-state index is -0.0698. The fraction of sp³-hybridized carbons (Fsp3) is 0.929. The number of aliphatic hydroxyl groups is 1. The summed E-state index contributed by atoms with van der Waals surface area (Å²) < 4.78 is 0. The zero-order valence-corrected chi connectivity index (χ0v) is 11.0. The number of carbonyl (C=O) groups is 1. The predicted octanol–water partition coefficient (Wildman–Crippen LogP) is 0.890. The van der Waals surface area contributed by atoms with Gasteiger partial charge in [0.05, 0.1) is 6.10 Å². The number of fused-ring (bicyclic) bond motifs is 1. The maximum absolute atomic E-state index is 11.8. The first-order valence-corrected chi connectivity index (χ1v) is 7.45. The number of rotatable bonds is 3. The first kappa shape index (κ1) is 12.4. The highest BCUT2D eigenvalue weighted by Crippen LogP contribution is 2.30. The molecule has 0 spiro atoms. The van der Waals surface area contributed by atoms with Gasteiger partial charge in [-0.1, -0.05) is 0 Å². The molecule has 2 N–H and O–H groups in total. The summed E-state index contributed by atoms with van der Waals surface area (Å²) in [5, 5.41) is 13.1. The van der Waals surface area contributed by atoms with Crippen molar-refractivity contribution < 1.29 is 9.90 Å². The molecule has 1 saturated carbocycles. The number of hydrogen-bond donors (Lipinski definition) is 2. The molecule has 1 aliphatic carbocycles. The van der Waals surface area contributed by atoms with E-state index < -0.39 is 0 Å². The second-order valence-electron chi connectivity index (χ2n) is 6.19. The van der Waals surface area contributed by atoms with Crippen LogP contribution in [-0.4, -0.2) is 47.2 Å². The summed E-state index contributed by atoms with van der Waals surface area (Å²) in [6, 6.07) is 0.846. The number of amides is 1. The van der Waals surface area contributed by atoms with Crippen molar-refractivity contribution in [1.82, 2.24) is 10.2 Å². The van der Waals surface area contributed by atoms with Gasteiger partial charge in [-0.2, -0.15) is 0 Å². The van der Waals surface area contributed by atoms with E-state index in [1.54, 1.807) is 0 Å². The van der Waals surface area contributed by atoms with Crippen molar-refractivity contribution in [1.29, 1.82) is 0 Å². The van der Waals surface area contributed by atoms with Crippen LogP contribution in [0.2, 0.25) is 0 Å². The van der Waals surface area contributed by atoms with Crippen molar-refractivity contribution in [3.63, 3.8) is 0 Å². The van der Waals surface area contributed by atoms with Gasteiger partial charge in [-0.25, -0.2) is 0 Å². The summed E-state index contributed by atoms with van der Waals surface area (Å²) in [5.41, 5.74) is 0. The smallest absolute Gasteiger partial charge is 0.224 e. The number of aliphatic hydroxyl groups excluding tert-OH is 1. The van der Waals surface area contributed by atoms with Crippen LogP contribution in [0, 0.1) is 5.92 Å². The predicted molar refractivity (Wildman–Crippen MR) is 69.1 cm³/mol. The molecule has 102 valence electrons. The molecular weight excluding hydrogens is 228 g/mol. The van der Waals surface area contributed by atoms with E-state index in [4.69, 9.17) is 0 Å². The van der Waals surface area contributed by atoms with E-state index in [-0.39, 0.29) is 6.10 Å². The highest BCUT2D eigenvalue weighted by atomic mass is 16.3. The molecule has 2 heterocycles. The van der Waals surface area contributed by atoms with E-state index >= 15 is 0 Å². The fourth-order valence-corrected chi connectivity index (χ4v) is 3.84. The van der Waals surface area contributed by atoms with E-state index in [1.165, 1.54) is 12.8 Å². The number of hydrogen-bond acceptors (Lipinski definition) is 3. The Labute approximate surface area is 109 Å². The van der Waals surface area contributed by atoms with Crippen LogP contribution in [0.25, 0.3) is 0 Å². The standard InChI is InChI=1S/C14H24N2O2/c17-11-5-3-10(4-6-11)9-15-12-8-14(18)16-7-1-2-13(12)16/h10-13,15,17H,1-9H2. The summed E-state index contributed by atoms with van der Waals surface area (Å²) in [7, 11) is 0. The Balaban J connectivity index is 1.47. The Morgan fingerprint density at radius 2 is 2.00 bits per heavy atom. The van der Waals surface area contributed by atoms with Crippen molar-refractivity contribution in [3.05, 3.63) is 0 Å². The van der Waals surface area contributed by atoms with E-state index in [0.29, 0.717) is 30.3 Å². The average molecular weight is 252 g/mol. The molecule has 2 saturated heterocycles. The molecule has 0 radical (unpaired) electrons. The molecule has 3 fully saturated rings. The molecule has 3 rings (SSSR count). The largest absolute Gasteiger partial charge is 0.393 e. The summed E-state index contributed by atoms with van der Waals surface area (Å²) in [4.78, 5) is 13.9. The van der Waals surface area contributed by atoms with Crippen molar-refractivity contribution in [3.8, 4) is 0 Å². The fourth-order valence-electron chi connectivity index (χ4n) is 3.84. The number of carbonyl (C=O) groups excluding carboxylic acids is 1. The minimum Gasteiger partial charge on any atom is -0.393 e. The van der Waals surface area contributed by atoms with Crippen LogP contribution >= 0.6 is 0 Å². The molecule has 0 aromatic rings. The average Bonchev–Trinajstić information content (AvgIpc) is 2.94. The van der Waals surface area contributed by atoms with Crippen LogP contribution in [0.1, 0.15) is 44.9 Å². The molecule has 2 unspecified atom stereocenters. The van der Waals surface area contributed by atoms with E-state index in [1.807, 2.05) is 0 Å². The summed E-state index contributed by atoms with van der Waals surface area (Å²) in [6.07, 6.45) is 7.13. The third-order valence-electron chi connectivity index (χ3n) is 4.96. The van der Waals surface area contributed by atoms with Crippen molar-refractivity contribution >= 4 is 5.91 Å². The van der Waals surface area contributed by atoms with Gasteiger partial charge in [-0.05, 0) is 51.0 Å². The molecule has 0 aromatic carbocycles. The lowest BCUT2D eigenvalue weighted by molar-refractivity contribution is -0.127. The highest BCUT2D eigenvalue weighted by molar-refractivity contribution is 5.80. The van der Waals surface area contributed by atoms with Gasteiger partial charge in [0.15, 0.2) is 0 Å². The van der Waals surface area contributed by atoms with Gasteiger partial charge in [-0.3, -0.25) is 4.79 Å². The second kappa shape index (κ2) is 5.17. The van der Waals surface area contributed by atoms with E-state index in [0.717, 1.165) is 38.8 Å². The van der Waals surface area contributed by atoms with E-state index in [9.17, 15) is 9.90 Å². The molecule has 0 aromatic heterocycles. The van der Waals surface area contributed by atoms with Crippen LogP contribution in [0.15, 0.2) is 0 Å². The topological polar surface area (TPSA) is 52.6 Å². The van der Waals surface area contributed by atoms with Gasteiger partial charge in [0.2, 0.25) is 5.91 Å². The lowest BCUT2D eigenvalue weighted by Crippen LogP contribution is -2.42. The zero-order chi connectivity index (χ0) is 12.5. The Bertz CT molecular complexity index is 313. The molecule has 2 atom stereocenters. The first-order valence-electron chi connectivity index (χ1n) is 7.45. The highest BCUT2D eigenvalue weighted by Gasteiger charge is 2.42. The van der Waals surface area contributed by atoms with Crippen LogP contribution in [0.3, 0.4) is 0 Å². The van der Waals surface area contributed by atoms with Crippen molar-refractivity contribution in [2.24, 2.45) is 5.92 Å². The van der Waals surface area contributed by atoms with Gasteiger partial charge in [0.25, 0.3) is 0 Å². The molecule has 1 amide bonds. The van der Waals surface area contributed by atoms with Gasteiger partial charge < -0.3 is 15.3 Å². The summed E-state index contributed by atoms with van der Waals surface area (Å²) >= 11 is 0. The first-order chi connectivity index (χ1) is 8.74. The monoisotopic (exact) mass is 252 g/mol. The third-order valence-corrected chi connectivity index (χ3v) is 4.96. The Kier molecular flexibility index (Phi) is 3.57. The summed E-state index contributed by atoms with van der Waals surface area (Å²) in [6.45, 7) is 1.99. The molecule has 3 aliphatic rings. The Hall–Kier alpha value is -0.610. The minimum absolute atomic E-state index is 0.0698. The maximum atomic E-state index is 11.8. The molecule has 18 heavy (non-hydrogen) atoms. The quantitative estimate of drug-likeness (QED) is 0.784. The second-order valence-corrected chi connectivity index (χ2v) is 6.19. The van der Waals surface area contributed by atoms with Crippen LogP contribution < -0.4 is 5.32 Å². The van der Waals surface area contributed by atoms with Crippen molar-refractivity contribution in [2.75, 3.05) is 13.1 Å². The Morgan fingerprint density at radius 1 is 1.22 bits per heavy atom. The van der Waals surface area contributed by atoms with Crippen LogP contribution in [0.5, 0.6) is 0 Å². The van der Waals surface area contributed by atoms with Gasteiger partial charge in [0.1, 0.15) is 0 Å². The van der Waals surface area contributed by atoms with Gasteiger partial charge in [-0.15, -0.1) is 0 Å². The SMILES string of the molecule is O=C1CC(NCC2CCC(O)CC2)C2CCCN12. The zero-order valence-electron chi connectivity index (χ0n) is 11.0. The van der Waals surface area contributed by atoms with Gasteiger partial charge in [0, 0.05) is 25.0 Å². The number of nitrogens with zero attached hydrogens (tertiary/aromatic N) is 1. The lowest BCUT2D eigenvalue weighted by Gasteiger charge is -2.28. The number of nitrogens with one attached hydrogen (secondary N) is 1. The van der Waals surface area contributed by atoms with Crippen LogP contribution in [0.4, 0.5) is 0 Å². The van der Waals surface area contributed by atoms with Gasteiger partial charge >= 0.3 is 0 Å². The van der Waals surface area contributed by atoms with Crippen molar-refractivity contribution in [2.45, 2.75) is 63.1 Å². The van der Waals surface area contributed by atoms with E-state index in [2.05, 4.69) is 10.2 Å². The maximum Gasteiger partial charge on any atom is 0.224 e. The molecular formula is C14H24N2O2. The van der Waals surface area contributed by atoms with Crippen LogP contribution in [-0.2, 0) is 4.79 Å². The summed E-state index contributed by atoms with van der Waals surface area (Å²) in [5.74, 6) is 1.04. The molecule has 4 heteroatoms. The molecule has 2 aliphatic heterocycles.